The molecular formula is C22H20ClN3O. The first kappa shape index (κ1) is 16.5. The molecule has 2 aromatic carbocycles. The molecule has 5 rings (SSSR count). The number of rotatable bonds is 2. The summed E-state index contributed by atoms with van der Waals surface area (Å²) in [5.74, 6) is 1.88. The highest BCUT2D eigenvalue weighted by molar-refractivity contribution is 6.30. The second-order valence-electron chi connectivity index (χ2n) is 7.05. The molecule has 0 atom stereocenters. The van der Waals surface area contributed by atoms with E-state index in [1.165, 1.54) is 5.56 Å². The fourth-order valence-corrected chi connectivity index (χ4v) is 4.06. The lowest BCUT2D eigenvalue weighted by molar-refractivity contribution is 0.625. The summed E-state index contributed by atoms with van der Waals surface area (Å²) in [6.45, 7) is 3.01. The zero-order valence-electron chi connectivity index (χ0n) is 15.1. The number of para-hydroxylation sites is 1. The lowest BCUT2D eigenvalue weighted by Crippen LogP contribution is -2.08. The number of aryl methyl sites for hydroxylation is 1. The summed E-state index contributed by atoms with van der Waals surface area (Å²) in [5, 5.41) is 10.4. The van der Waals surface area contributed by atoms with Crippen LogP contribution in [0.25, 0.3) is 28.1 Å². The van der Waals surface area contributed by atoms with E-state index in [0.717, 1.165) is 70.3 Å². The van der Waals surface area contributed by atoms with Crippen LogP contribution in [0.5, 0.6) is 0 Å². The first-order valence-electron chi connectivity index (χ1n) is 9.32. The Hall–Kier alpha value is -2.72. The maximum atomic E-state index is 6.16. The summed E-state index contributed by atoms with van der Waals surface area (Å²) in [6.07, 6.45) is 3.27. The average molecular weight is 378 g/mol. The van der Waals surface area contributed by atoms with Crippen molar-refractivity contribution in [2.45, 2.75) is 26.2 Å². The van der Waals surface area contributed by atoms with Gasteiger partial charge in [-0.3, -0.25) is 0 Å². The van der Waals surface area contributed by atoms with Crippen molar-refractivity contribution in [3.05, 3.63) is 64.7 Å². The second kappa shape index (κ2) is 6.46. The smallest absolute Gasteiger partial charge is 0.156 e. The van der Waals surface area contributed by atoms with Gasteiger partial charge >= 0.3 is 0 Å². The molecule has 3 heterocycles. The molecule has 27 heavy (non-hydrogen) atoms. The van der Waals surface area contributed by atoms with E-state index >= 15 is 0 Å². The molecule has 0 fully saturated rings. The number of anilines is 1. The molecule has 136 valence electrons. The van der Waals surface area contributed by atoms with Crippen molar-refractivity contribution in [1.82, 2.24) is 9.78 Å². The van der Waals surface area contributed by atoms with Gasteiger partial charge in [0.2, 0.25) is 0 Å². The molecule has 4 aromatic rings. The van der Waals surface area contributed by atoms with E-state index in [9.17, 15) is 0 Å². The van der Waals surface area contributed by atoms with E-state index in [1.807, 2.05) is 41.1 Å². The van der Waals surface area contributed by atoms with Crippen LogP contribution in [-0.2, 0) is 6.42 Å². The predicted molar refractivity (Wildman–Crippen MR) is 110 cm³/mol. The van der Waals surface area contributed by atoms with Gasteiger partial charge in [0, 0.05) is 22.5 Å². The van der Waals surface area contributed by atoms with Gasteiger partial charge in [0.1, 0.15) is 17.1 Å². The van der Waals surface area contributed by atoms with Gasteiger partial charge in [-0.1, -0.05) is 29.8 Å². The molecule has 0 bridgehead atoms. The Bertz CT molecular complexity index is 1110. The highest BCUT2D eigenvalue weighted by Crippen LogP contribution is 2.37. The van der Waals surface area contributed by atoms with Crippen molar-refractivity contribution >= 4 is 28.4 Å². The molecule has 1 aliphatic heterocycles. The van der Waals surface area contributed by atoms with Crippen molar-refractivity contribution in [2.75, 3.05) is 11.9 Å². The van der Waals surface area contributed by atoms with E-state index in [2.05, 4.69) is 24.4 Å². The summed E-state index contributed by atoms with van der Waals surface area (Å²) >= 11 is 6.16. The Labute approximate surface area is 162 Å². The second-order valence-corrected chi connectivity index (χ2v) is 7.49. The van der Waals surface area contributed by atoms with Crippen molar-refractivity contribution in [1.29, 1.82) is 0 Å². The number of fused-ring (bicyclic) bond motifs is 2. The summed E-state index contributed by atoms with van der Waals surface area (Å²) in [4.78, 5) is 0. The maximum absolute atomic E-state index is 6.16. The van der Waals surface area contributed by atoms with Gasteiger partial charge < -0.3 is 9.73 Å². The summed E-state index contributed by atoms with van der Waals surface area (Å²) in [5.41, 5.74) is 5.16. The molecule has 1 aliphatic rings. The molecular weight excluding hydrogens is 358 g/mol. The van der Waals surface area contributed by atoms with E-state index < -0.39 is 0 Å². The third kappa shape index (κ3) is 2.81. The van der Waals surface area contributed by atoms with Crippen molar-refractivity contribution < 1.29 is 4.42 Å². The highest BCUT2D eigenvalue weighted by atomic mass is 35.5. The van der Waals surface area contributed by atoms with Crippen LogP contribution < -0.4 is 5.32 Å². The zero-order chi connectivity index (χ0) is 18.4. The van der Waals surface area contributed by atoms with Crippen LogP contribution in [0.2, 0.25) is 5.02 Å². The fraction of sp³-hybridized carbons (Fsp3) is 0.227. The number of nitrogens with one attached hydrogen (secondary N) is 1. The van der Waals surface area contributed by atoms with E-state index in [0.29, 0.717) is 0 Å². The third-order valence-electron chi connectivity index (χ3n) is 5.18. The van der Waals surface area contributed by atoms with Gasteiger partial charge in [-0.25, -0.2) is 4.68 Å². The minimum Gasteiger partial charge on any atom is -0.454 e. The minimum absolute atomic E-state index is 0.736. The summed E-state index contributed by atoms with van der Waals surface area (Å²) < 4.78 is 8.14. The number of aromatic nitrogens is 2. The Morgan fingerprint density at radius 1 is 1.11 bits per heavy atom. The molecule has 1 N–H and O–H groups in total. The topological polar surface area (TPSA) is 43.0 Å². The number of hydrogen-bond acceptors (Lipinski definition) is 3. The fourth-order valence-electron chi connectivity index (χ4n) is 3.83. The van der Waals surface area contributed by atoms with E-state index in [4.69, 9.17) is 21.1 Å². The molecule has 0 radical (unpaired) electrons. The van der Waals surface area contributed by atoms with E-state index in [-0.39, 0.29) is 0 Å². The predicted octanol–water partition coefficient (Wildman–Crippen LogP) is 6.00. The lowest BCUT2D eigenvalue weighted by atomic mass is 10.1. The van der Waals surface area contributed by atoms with Crippen LogP contribution in [0.1, 0.15) is 24.0 Å². The summed E-state index contributed by atoms with van der Waals surface area (Å²) in [6, 6.07) is 16.1. The van der Waals surface area contributed by atoms with Crippen molar-refractivity contribution in [3.8, 4) is 17.1 Å². The first-order chi connectivity index (χ1) is 13.2. The van der Waals surface area contributed by atoms with Crippen molar-refractivity contribution in [3.63, 3.8) is 0 Å². The summed E-state index contributed by atoms with van der Waals surface area (Å²) in [7, 11) is 0. The van der Waals surface area contributed by atoms with Crippen LogP contribution in [0.15, 0.2) is 52.9 Å². The van der Waals surface area contributed by atoms with Crippen LogP contribution in [0.4, 0.5) is 5.82 Å². The molecule has 0 amide bonds. The van der Waals surface area contributed by atoms with Crippen LogP contribution in [0.3, 0.4) is 0 Å². The van der Waals surface area contributed by atoms with Gasteiger partial charge in [0.25, 0.3) is 0 Å². The lowest BCUT2D eigenvalue weighted by Gasteiger charge is -2.11. The standard InChI is InChI=1S/C22H20ClN3O/c1-14-12-16(23)9-10-18(14)26-22-17(7-4-5-11-24-22)21(25-26)20-13-15-6-2-3-8-19(15)27-20/h2-3,6,8-10,12-13,24H,4-5,7,11H2,1H3. The molecule has 2 aromatic heterocycles. The molecule has 4 nitrogen and oxygen atoms in total. The van der Waals surface area contributed by atoms with E-state index in [1.54, 1.807) is 0 Å². The maximum Gasteiger partial charge on any atom is 0.156 e. The Morgan fingerprint density at radius 3 is 2.85 bits per heavy atom. The SMILES string of the molecule is Cc1cc(Cl)ccc1-n1nc(-c2cc3ccccc3o2)c2c1NCCCC2. The molecule has 0 unspecified atom stereocenters. The molecule has 0 spiro atoms. The number of benzene rings is 2. The first-order valence-corrected chi connectivity index (χ1v) is 9.70. The van der Waals surface area contributed by atoms with Crippen LogP contribution in [-0.4, -0.2) is 16.3 Å². The van der Waals surface area contributed by atoms with Gasteiger partial charge in [-0.2, -0.15) is 5.10 Å². The third-order valence-corrected chi connectivity index (χ3v) is 5.41. The number of furan rings is 1. The molecule has 5 heteroatoms. The van der Waals surface area contributed by atoms with Gasteiger partial charge in [0.15, 0.2) is 5.76 Å². The molecule has 0 aliphatic carbocycles. The number of nitrogens with zero attached hydrogens (tertiary/aromatic N) is 2. The highest BCUT2D eigenvalue weighted by Gasteiger charge is 2.24. The van der Waals surface area contributed by atoms with Gasteiger partial charge in [-0.05, 0) is 62.1 Å². The van der Waals surface area contributed by atoms with Gasteiger partial charge in [0.05, 0.1) is 5.69 Å². The normalized spacial score (nSPS) is 14.0. The zero-order valence-corrected chi connectivity index (χ0v) is 15.9. The van der Waals surface area contributed by atoms with Crippen LogP contribution in [0, 0.1) is 6.92 Å². The molecule has 0 saturated heterocycles. The Kier molecular flexibility index (Phi) is 3.94. The minimum atomic E-state index is 0.736. The monoisotopic (exact) mass is 377 g/mol. The van der Waals surface area contributed by atoms with Gasteiger partial charge in [-0.15, -0.1) is 0 Å². The number of hydrogen-bond donors (Lipinski definition) is 1. The Balaban J connectivity index is 1.73. The molecule has 0 saturated carbocycles. The quantitative estimate of drug-likeness (QED) is 0.466. The largest absolute Gasteiger partial charge is 0.454 e. The average Bonchev–Trinajstić information content (AvgIpc) is 3.15. The van der Waals surface area contributed by atoms with Crippen molar-refractivity contribution in [2.24, 2.45) is 0 Å². The Morgan fingerprint density at radius 2 is 2.00 bits per heavy atom. The number of halogens is 1. The van der Waals surface area contributed by atoms with Crippen LogP contribution >= 0.6 is 11.6 Å².